The summed E-state index contributed by atoms with van der Waals surface area (Å²) in [7, 11) is 1.84. The number of ketones is 1. The van der Waals surface area contributed by atoms with Crippen molar-refractivity contribution in [3.8, 4) is 0 Å². The number of nitrogens with zero attached hydrogens (tertiary/aromatic N) is 4. The molecule has 0 amide bonds. The van der Waals surface area contributed by atoms with Crippen LogP contribution in [-0.2, 0) is 16.1 Å². The van der Waals surface area contributed by atoms with Gasteiger partial charge in [-0.2, -0.15) is 0 Å². The van der Waals surface area contributed by atoms with Crippen LogP contribution in [0.15, 0.2) is 12.3 Å². The first kappa shape index (κ1) is 24.7. The molecule has 4 aliphatic carbocycles. The van der Waals surface area contributed by atoms with Gasteiger partial charge < -0.3 is 9.84 Å². The van der Waals surface area contributed by atoms with Gasteiger partial charge in [-0.25, -0.2) is 9.67 Å². The first-order valence-electron chi connectivity index (χ1n) is 13.8. The molecule has 6 rings (SSSR count). The van der Waals surface area contributed by atoms with Crippen LogP contribution in [0.25, 0.3) is 11.2 Å². The number of aliphatic hydroxyl groups is 1. The molecule has 4 fully saturated rings. The Morgan fingerprint density at radius 3 is 2.81 bits per heavy atom. The molecule has 0 aromatic carbocycles. The average molecular weight is 515 g/mol. The van der Waals surface area contributed by atoms with Crippen LogP contribution in [0.5, 0.6) is 0 Å². The summed E-state index contributed by atoms with van der Waals surface area (Å²) < 4.78 is 7.56. The normalized spacial score (nSPS) is 42.1. The lowest BCUT2D eigenvalue weighted by Crippen LogP contribution is -2.58. The number of ether oxygens (including phenoxy) is 1. The molecule has 0 spiro atoms. The van der Waals surface area contributed by atoms with E-state index in [1.807, 2.05) is 14.0 Å². The summed E-state index contributed by atoms with van der Waals surface area (Å²) in [5.41, 5.74) is 0.900. The van der Waals surface area contributed by atoms with Crippen LogP contribution >= 0.6 is 11.6 Å². The van der Waals surface area contributed by atoms with Crippen LogP contribution in [0.1, 0.15) is 71.6 Å². The van der Waals surface area contributed by atoms with Gasteiger partial charge in [-0.1, -0.05) is 23.7 Å². The van der Waals surface area contributed by atoms with E-state index in [9.17, 15) is 9.90 Å². The van der Waals surface area contributed by atoms with Gasteiger partial charge in [0.2, 0.25) is 5.65 Å². The van der Waals surface area contributed by atoms with Gasteiger partial charge in [0, 0.05) is 19.2 Å². The molecule has 2 aromatic rings. The largest absolute Gasteiger partial charge is 0.390 e. The van der Waals surface area contributed by atoms with Crippen LogP contribution in [-0.4, -0.2) is 50.2 Å². The molecule has 2 heterocycles. The SMILES string of the molecule is COC[C@]12CC[C@@](C)(O)C[C@H]1CC[C@H]1[C@@H]3CC[C@H](C(=O)Cn4nnc5ncc(Cl)cc54)[C@@]3(C)CC[C@@H]12. The van der Waals surface area contributed by atoms with E-state index in [1.165, 1.54) is 12.8 Å². The number of hydrogen-bond donors (Lipinski definition) is 1. The van der Waals surface area contributed by atoms with Crippen molar-refractivity contribution in [3.05, 3.63) is 17.3 Å². The summed E-state index contributed by atoms with van der Waals surface area (Å²) in [5.74, 6) is 2.70. The van der Waals surface area contributed by atoms with Crippen molar-refractivity contribution in [1.29, 1.82) is 0 Å². The molecule has 8 heteroatoms. The molecule has 0 aliphatic heterocycles. The molecular weight excluding hydrogens is 476 g/mol. The molecular formula is C28H39ClN4O3. The summed E-state index contributed by atoms with van der Waals surface area (Å²) in [5, 5.41) is 19.7. The number of aromatic nitrogens is 4. The smallest absolute Gasteiger partial charge is 0.201 e. The average Bonchev–Trinajstić information content (AvgIpc) is 3.39. The molecule has 7 nitrogen and oxygen atoms in total. The van der Waals surface area contributed by atoms with Crippen molar-refractivity contribution in [2.75, 3.05) is 13.7 Å². The van der Waals surface area contributed by atoms with Crippen LogP contribution in [0.2, 0.25) is 5.02 Å². The molecule has 4 aliphatic rings. The van der Waals surface area contributed by atoms with E-state index in [1.54, 1.807) is 16.9 Å². The van der Waals surface area contributed by atoms with Crippen molar-refractivity contribution in [3.63, 3.8) is 0 Å². The number of pyridine rings is 1. The maximum absolute atomic E-state index is 13.7. The molecule has 4 saturated carbocycles. The number of carbonyl (C=O) groups excluding carboxylic acids is 1. The third-order valence-corrected chi connectivity index (χ3v) is 11.3. The Bertz CT molecular complexity index is 1170. The Morgan fingerprint density at radius 1 is 1.17 bits per heavy atom. The van der Waals surface area contributed by atoms with Crippen LogP contribution in [0.4, 0.5) is 0 Å². The third-order valence-electron chi connectivity index (χ3n) is 11.1. The molecule has 36 heavy (non-hydrogen) atoms. The summed E-state index contributed by atoms with van der Waals surface area (Å²) in [4.78, 5) is 18.0. The number of methoxy groups -OCH3 is 1. The predicted octanol–water partition coefficient (Wildman–Crippen LogP) is 5.09. The molecule has 1 N–H and O–H groups in total. The zero-order valence-corrected chi connectivity index (χ0v) is 22.5. The minimum Gasteiger partial charge on any atom is -0.390 e. The van der Waals surface area contributed by atoms with Crippen molar-refractivity contribution in [2.24, 2.45) is 40.4 Å². The lowest BCUT2D eigenvalue weighted by molar-refractivity contribution is -0.175. The lowest BCUT2D eigenvalue weighted by atomic mass is 9.43. The van der Waals surface area contributed by atoms with E-state index in [4.69, 9.17) is 16.3 Å². The van der Waals surface area contributed by atoms with Gasteiger partial charge >= 0.3 is 0 Å². The van der Waals surface area contributed by atoms with E-state index >= 15 is 0 Å². The maximum atomic E-state index is 13.7. The topological polar surface area (TPSA) is 90.1 Å². The Hall–Kier alpha value is -1.57. The Kier molecular flexibility index (Phi) is 6.01. The van der Waals surface area contributed by atoms with Crippen LogP contribution in [0.3, 0.4) is 0 Å². The molecule has 0 saturated heterocycles. The van der Waals surface area contributed by atoms with E-state index in [-0.39, 0.29) is 29.1 Å². The van der Waals surface area contributed by atoms with Crippen molar-refractivity contribution >= 4 is 28.5 Å². The Morgan fingerprint density at radius 2 is 2.00 bits per heavy atom. The fraction of sp³-hybridized carbons (Fsp3) is 0.786. The second-order valence-electron chi connectivity index (χ2n) is 12.9. The van der Waals surface area contributed by atoms with Gasteiger partial charge in [0.15, 0.2) is 5.78 Å². The number of carbonyl (C=O) groups is 1. The predicted molar refractivity (Wildman–Crippen MR) is 137 cm³/mol. The van der Waals surface area contributed by atoms with Gasteiger partial charge in [-0.15, -0.1) is 5.10 Å². The second kappa shape index (κ2) is 8.74. The van der Waals surface area contributed by atoms with Crippen molar-refractivity contribution < 1.29 is 14.6 Å². The van der Waals surface area contributed by atoms with Crippen LogP contribution < -0.4 is 0 Å². The zero-order chi connectivity index (χ0) is 25.3. The number of halogens is 1. The van der Waals surface area contributed by atoms with Crippen molar-refractivity contribution in [1.82, 2.24) is 20.0 Å². The van der Waals surface area contributed by atoms with Gasteiger partial charge in [0.25, 0.3) is 0 Å². The fourth-order valence-corrected chi connectivity index (χ4v) is 9.67. The number of hydrogen-bond acceptors (Lipinski definition) is 6. The van der Waals surface area contributed by atoms with E-state index in [0.29, 0.717) is 39.9 Å². The summed E-state index contributed by atoms with van der Waals surface area (Å²) in [6.07, 6.45) is 11.1. The number of fused-ring (bicyclic) bond motifs is 6. The van der Waals surface area contributed by atoms with Gasteiger partial charge in [0.05, 0.1) is 17.2 Å². The summed E-state index contributed by atoms with van der Waals surface area (Å²) in [6, 6.07) is 1.79. The van der Waals surface area contributed by atoms with Gasteiger partial charge in [0.1, 0.15) is 12.1 Å². The highest BCUT2D eigenvalue weighted by atomic mass is 35.5. The van der Waals surface area contributed by atoms with Gasteiger partial charge in [-0.3, -0.25) is 4.79 Å². The molecule has 2 aromatic heterocycles. The minimum atomic E-state index is -0.548. The highest BCUT2D eigenvalue weighted by Gasteiger charge is 2.63. The number of rotatable bonds is 5. The van der Waals surface area contributed by atoms with E-state index in [2.05, 4.69) is 22.2 Å². The number of Topliss-reactive ketones (excluding diaryl/α,β-unsaturated/α-hetero) is 1. The lowest BCUT2D eigenvalue weighted by Gasteiger charge is -2.62. The first-order valence-corrected chi connectivity index (χ1v) is 14.1. The highest BCUT2D eigenvalue weighted by molar-refractivity contribution is 6.31. The maximum Gasteiger partial charge on any atom is 0.201 e. The quantitative estimate of drug-likeness (QED) is 0.598. The summed E-state index contributed by atoms with van der Waals surface area (Å²) >= 11 is 6.15. The zero-order valence-electron chi connectivity index (χ0n) is 21.8. The molecule has 0 unspecified atom stereocenters. The molecule has 8 atom stereocenters. The first-order chi connectivity index (χ1) is 17.2. The highest BCUT2D eigenvalue weighted by Crippen LogP contribution is 2.68. The van der Waals surface area contributed by atoms with Crippen LogP contribution in [0, 0.1) is 40.4 Å². The molecule has 0 bridgehead atoms. The Balaban J connectivity index is 1.24. The fourth-order valence-electron chi connectivity index (χ4n) is 9.52. The third kappa shape index (κ3) is 3.75. The second-order valence-corrected chi connectivity index (χ2v) is 13.3. The Labute approximate surface area is 218 Å². The van der Waals surface area contributed by atoms with Crippen molar-refractivity contribution in [2.45, 2.75) is 83.8 Å². The summed E-state index contributed by atoms with van der Waals surface area (Å²) in [6.45, 7) is 5.44. The van der Waals surface area contributed by atoms with Gasteiger partial charge in [-0.05, 0) is 105 Å². The van der Waals surface area contributed by atoms with E-state index < -0.39 is 5.60 Å². The standard InChI is InChI=1S/C28H39ClN4O3/c1-26(35)10-11-28(16-36-3)17(13-26)4-5-19-20-6-7-22(27(20,2)9-8-21(19)28)24(34)15-33-23-12-18(29)14-30-25(23)31-32-33/h12,14,17,19-22,35H,4-11,13,15-16H2,1-3H3/t17-,19+,20+,21+,22-,26-,27+,28-/m1/s1. The molecule has 0 radical (unpaired) electrons. The van der Waals surface area contributed by atoms with E-state index in [0.717, 1.165) is 51.6 Å². The monoisotopic (exact) mass is 514 g/mol. The molecule has 196 valence electrons. The minimum absolute atomic E-state index is 0.0335.